The Kier molecular flexibility index (Phi) is 6.26. The van der Waals surface area contributed by atoms with E-state index in [2.05, 4.69) is 28.4 Å². The van der Waals surface area contributed by atoms with E-state index < -0.39 is 6.10 Å². The number of nitrogens with zero attached hydrogens (tertiary/aromatic N) is 1. The maximum absolute atomic E-state index is 11.9. The van der Waals surface area contributed by atoms with E-state index in [4.69, 9.17) is 4.74 Å². The van der Waals surface area contributed by atoms with Crippen LogP contribution < -0.4 is 10.1 Å². The third kappa shape index (κ3) is 5.07. The number of ether oxygens (including phenoxy) is 1. The van der Waals surface area contributed by atoms with Crippen LogP contribution in [0.3, 0.4) is 0 Å². The Balaban J connectivity index is 1.38. The summed E-state index contributed by atoms with van der Waals surface area (Å²) in [6, 6.07) is 16.0. The molecule has 1 aliphatic heterocycles. The predicted octanol–water partition coefficient (Wildman–Crippen LogP) is 1.91. The molecular weight excluding hydrogens is 328 g/mol. The van der Waals surface area contributed by atoms with Gasteiger partial charge >= 0.3 is 0 Å². The summed E-state index contributed by atoms with van der Waals surface area (Å²) in [6.45, 7) is 4.44. The Bertz CT molecular complexity index is 748. The van der Waals surface area contributed by atoms with Gasteiger partial charge in [0.15, 0.2) is 6.61 Å². The number of carbonyl (C=O) groups is 1. The van der Waals surface area contributed by atoms with Crippen molar-refractivity contribution in [3.63, 3.8) is 0 Å². The fraction of sp³-hybridized carbons (Fsp3) is 0.381. The highest BCUT2D eigenvalue weighted by Crippen LogP contribution is 2.18. The molecule has 26 heavy (non-hydrogen) atoms. The van der Waals surface area contributed by atoms with Crippen molar-refractivity contribution in [3.05, 3.63) is 65.2 Å². The van der Waals surface area contributed by atoms with Crippen LogP contribution in [-0.4, -0.2) is 48.3 Å². The highest BCUT2D eigenvalue weighted by atomic mass is 16.5. The first kappa shape index (κ1) is 18.4. The van der Waals surface area contributed by atoms with Crippen molar-refractivity contribution in [1.82, 2.24) is 10.2 Å². The van der Waals surface area contributed by atoms with Crippen LogP contribution in [0.5, 0.6) is 5.75 Å². The summed E-state index contributed by atoms with van der Waals surface area (Å²) in [5, 5.41) is 13.0. The molecule has 0 fully saturated rings. The minimum absolute atomic E-state index is 0.0470. The molecule has 2 aromatic rings. The van der Waals surface area contributed by atoms with Gasteiger partial charge in [-0.15, -0.1) is 0 Å². The molecule has 3 rings (SSSR count). The smallest absolute Gasteiger partial charge is 0.258 e. The molecule has 2 aromatic carbocycles. The second-order valence-corrected chi connectivity index (χ2v) is 6.77. The SMILES string of the molecule is Cc1ccccc1OCC(=O)NCC(O)CN1CCc2ccccc2C1. The molecule has 1 atom stereocenters. The van der Waals surface area contributed by atoms with Crippen LogP contribution in [0.1, 0.15) is 16.7 Å². The van der Waals surface area contributed by atoms with E-state index in [0.29, 0.717) is 12.3 Å². The summed E-state index contributed by atoms with van der Waals surface area (Å²) >= 11 is 0. The monoisotopic (exact) mass is 354 g/mol. The van der Waals surface area contributed by atoms with Gasteiger partial charge in [0.2, 0.25) is 0 Å². The zero-order valence-electron chi connectivity index (χ0n) is 15.1. The number of nitrogens with one attached hydrogen (secondary N) is 1. The minimum atomic E-state index is -0.595. The summed E-state index contributed by atoms with van der Waals surface area (Å²) in [5.74, 6) is 0.478. The lowest BCUT2D eigenvalue weighted by Crippen LogP contribution is -2.42. The van der Waals surface area contributed by atoms with Crippen LogP contribution in [0, 0.1) is 6.92 Å². The third-order valence-electron chi connectivity index (χ3n) is 4.67. The molecular formula is C21H26N2O3. The number of β-amino-alcohol motifs (C(OH)–C–C–N with tert-alkyl or cyclic N) is 1. The van der Waals surface area contributed by atoms with E-state index >= 15 is 0 Å². The normalized spacial score (nSPS) is 15.2. The van der Waals surface area contributed by atoms with Crippen LogP contribution in [0.4, 0.5) is 0 Å². The number of para-hydroxylation sites is 1. The lowest BCUT2D eigenvalue weighted by Gasteiger charge is -2.30. The van der Waals surface area contributed by atoms with Crippen LogP contribution in [0.25, 0.3) is 0 Å². The molecule has 1 aliphatic rings. The molecule has 5 nitrogen and oxygen atoms in total. The van der Waals surface area contributed by atoms with Gasteiger partial charge in [-0.3, -0.25) is 9.69 Å². The number of fused-ring (bicyclic) bond motifs is 1. The molecule has 0 aromatic heterocycles. The molecule has 0 radical (unpaired) electrons. The Morgan fingerprint density at radius 3 is 2.73 bits per heavy atom. The van der Waals surface area contributed by atoms with E-state index in [1.807, 2.05) is 37.3 Å². The highest BCUT2D eigenvalue weighted by molar-refractivity contribution is 5.77. The molecule has 5 heteroatoms. The number of hydrogen-bond donors (Lipinski definition) is 2. The number of carbonyl (C=O) groups excluding carboxylic acids is 1. The summed E-state index contributed by atoms with van der Waals surface area (Å²) in [4.78, 5) is 14.2. The summed E-state index contributed by atoms with van der Waals surface area (Å²) < 4.78 is 5.52. The van der Waals surface area contributed by atoms with Gasteiger partial charge in [0.1, 0.15) is 5.75 Å². The third-order valence-corrected chi connectivity index (χ3v) is 4.67. The van der Waals surface area contributed by atoms with E-state index in [1.165, 1.54) is 11.1 Å². The minimum Gasteiger partial charge on any atom is -0.484 e. The van der Waals surface area contributed by atoms with Gasteiger partial charge < -0.3 is 15.2 Å². The van der Waals surface area contributed by atoms with Gasteiger partial charge in [0.05, 0.1) is 6.10 Å². The first-order valence-electron chi connectivity index (χ1n) is 9.04. The lowest BCUT2D eigenvalue weighted by molar-refractivity contribution is -0.123. The molecule has 138 valence electrons. The van der Waals surface area contributed by atoms with Gasteiger partial charge in [-0.05, 0) is 36.1 Å². The van der Waals surface area contributed by atoms with Crippen molar-refractivity contribution in [2.75, 3.05) is 26.2 Å². The van der Waals surface area contributed by atoms with Gasteiger partial charge in [-0.25, -0.2) is 0 Å². The molecule has 1 heterocycles. The maximum Gasteiger partial charge on any atom is 0.258 e. The van der Waals surface area contributed by atoms with Crippen LogP contribution in [0.2, 0.25) is 0 Å². The topological polar surface area (TPSA) is 61.8 Å². The maximum atomic E-state index is 11.9. The largest absolute Gasteiger partial charge is 0.484 e. The number of aliphatic hydroxyl groups is 1. The van der Waals surface area contributed by atoms with Gasteiger partial charge in [0, 0.05) is 26.2 Å². The first-order valence-corrected chi connectivity index (χ1v) is 9.04. The van der Waals surface area contributed by atoms with E-state index in [1.54, 1.807) is 0 Å². The summed E-state index contributed by atoms with van der Waals surface area (Å²) in [5.41, 5.74) is 3.70. The Labute approximate surface area is 154 Å². The van der Waals surface area contributed by atoms with Gasteiger partial charge in [-0.2, -0.15) is 0 Å². The van der Waals surface area contributed by atoms with Crippen molar-refractivity contribution < 1.29 is 14.6 Å². The van der Waals surface area contributed by atoms with Crippen molar-refractivity contribution in [2.45, 2.75) is 26.0 Å². The van der Waals surface area contributed by atoms with Crippen LogP contribution in [-0.2, 0) is 17.8 Å². The van der Waals surface area contributed by atoms with Gasteiger partial charge in [-0.1, -0.05) is 42.5 Å². The molecule has 1 unspecified atom stereocenters. The molecule has 0 aliphatic carbocycles. The summed E-state index contributed by atoms with van der Waals surface area (Å²) in [6.07, 6.45) is 0.405. The van der Waals surface area contributed by atoms with Crippen molar-refractivity contribution in [3.8, 4) is 5.75 Å². The molecule has 0 bridgehead atoms. The van der Waals surface area contributed by atoms with Crippen molar-refractivity contribution in [1.29, 1.82) is 0 Å². The zero-order valence-corrected chi connectivity index (χ0v) is 15.1. The first-order chi connectivity index (χ1) is 12.6. The average Bonchev–Trinajstić information content (AvgIpc) is 2.65. The number of amides is 1. The Morgan fingerprint density at radius 1 is 1.19 bits per heavy atom. The van der Waals surface area contributed by atoms with Crippen LogP contribution >= 0.6 is 0 Å². The van der Waals surface area contributed by atoms with E-state index in [0.717, 1.165) is 25.1 Å². The number of benzene rings is 2. The number of hydrogen-bond acceptors (Lipinski definition) is 4. The van der Waals surface area contributed by atoms with E-state index in [9.17, 15) is 9.90 Å². The quantitative estimate of drug-likeness (QED) is 0.797. The lowest BCUT2D eigenvalue weighted by atomic mass is 10.00. The summed E-state index contributed by atoms with van der Waals surface area (Å²) in [7, 11) is 0. The molecule has 1 amide bonds. The fourth-order valence-corrected chi connectivity index (χ4v) is 3.22. The predicted molar refractivity (Wildman–Crippen MR) is 101 cm³/mol. The number of aliphatic hydroxyl groups excluding tert-OH is 1. The Hall–Kier alpha value is -2.37. The molecule has 2 N–H and O–H groups in total. The second kappa shape index (κ2) is 8.83. The molecule has 0 spiro atoms. The fourth-order valence-electron chi connectivity index (χ4n) is 3.22. The number of rotatable bonds is 7. The van der Waals surface area contributed by atoms with Gasteiger partial charge in [0.25, 0.3) is 5.91 Å². The van der Waals surface area contributed by atoms with Crippen molar-refractivity contribution >= 4 is 5.91 Å². The highest BCUT2D eigenvalue weighted by Gasteiger charge is 2.18. The second-order valence-electron chi connectivity index (χ2n) is 6.77. The Morgan fingerprint density at radius 2 is 1.92 bits per heavy atom. The standard InChI is InChI=1S/C21H26N2O3/c1-16-6-2-5-9-20(16)26-15-21(25)22-12-19(24)14-23-11-10-17-7-3-4-8-18(17)13-23/h2-9,19,24H,10-15H2,1H3,(H,22,25). The zero-order chi connectivity index (χ0) is 18.4. The van der Waals surface area contributed by atoms with Crippen molar-refractivity contribution in [2.24, 2.45) is 0 Å². The molecule has 0 saturated carbocycles. The molecule has 0 saturated heterocycles. The van der Waals surface area contributed by atoms with Crippen LogP contribution in [0.15, 0.2) is 48.5 Å². The number of aryl methyl sites for hydroxylation is 1. The average molecular weight is 354 g/mol. The van der Waals surface area contributed by atoms with E-state index in [-0.39, 0.29) is 19.1 Å².